The molecule has 0 aliphatic heterocycles. The first-order valence-corrected chi connectivity index (χ1v) is 5.01. The van der Waals surface area contributed by atoms with E-state index in [2.05, 4.69) is 5.32 Å². The molecule has 0 fully saturated rings. The summed E-state index contributed by atoms with van der Waals surface area (Å²) in [6.07, 6.45) is 0. The summed E-state index contributed by atoms with van der Waals surface area (Å²) < 4.78 is 17.5. The van der Waals surface area contributed by atoms with Crippen LogP contribution < -0.4 is 11.1 Å². The summed E-state index contributed by atoms with van der Waals surface area (Å²) in [7, 11) is 0. The van der Waals surface area contributed by atoms with Gasteiger partial charge in [-0.25, -0.2) is 4.39 Å². The molecular formula is C11H15FN2O2. The molecule has 0 heterocycles. The quantitative estimate of drug-likeness (QED) is 0.691. The fourth-order valence-corrected chi connectivity index (χ4v) is 1.10. The topological polar surface area (TPSA) is 64.3 Å². The van der Waals surface area contributed by atoms with Crippen LogP contribution in [0.25, 0.3) is 0 Å². The largest absolute Gasteiger partial charge is 0.370 e. The highest BCUT2D eigenvalue weighted by Gasteiger charge is 2.00. The first-order valence-electron chi connectivity index (χ1n) is 5.01. The van der Waals surface area contributed by atoms with Crippen molar-refractivity contribution < 1.29 is 13.9 Å². The normalized spacial score (nSPS) is 10.1. The lowest BCUT2D eigenvalue weighted by molar-refractivity contribution is -0.125. The third-order valence-corrected chi connectivity index (χ3v) is 1.90. The van der Waals surface area contributed by atoms with E-state index in [-0.39, 0.29) is 18.3 Å². The molecule has 1 aromatic rings. The van der Waals surface area contributed by atoms with E-state index in [0.29, 0.717) is 19.7 Å². The zero-order valence-electron chi connectivity index (χ0n) is 8.91. The number of hydrogen-bond acceptors (Lipinski definition) is 3. The van der Waals surface area contributed by atoms with Crippen LogP contribution in [-0.2, 0) is 16.1 Å². The fourth-order valence-electron chi connectivity index (χ4n) is 1.10. The molecule has 0 saturated carbocycles. The van der Waals surface area contributed by atoms with Crippen molar-refractivity contribution in [3.63, 3.8) is 0 Å². The summed E-state index contributed by atoms with van der Waals surface area (Å²) in [5.41, 5.74) is 6.04. The Morgan fingerprint density at radius 2 is 2.06 bits per heavy atom. The van der Waals surface area contributed by atoms with E-state index < -0.39 is 0 Å². The van der Waals surface area contributed by atoms with E-state index in [9.17, 15) is 9.18 Å². The number of ether oxygens (including phenoxy) is 1. The van der Waals surface area contributed by atoms with E-state index in [4.69, 9.17) is 10.5 Å². The summed E-state index contributed by atoms with van der Waals surface area (Å²) in [5.74, 6) is -0.501. The van der Waals surface area contributed by atoms with Crippen LogP contribution >= 0.6 is 0 Å². The zero-order chi connectivity index (χ0) is 11.8. The minimum absolute atomic E-state index is 0.00159. The van der Waals surface area contributed by atoms with Gasteiger partial charge < -0.3 is 15.8 Å². The maximum atomic E-state index is 12.6. The van der Waals surface area contributed by atoms with Gasteiger partial charge in [0.15, 0.2) is 0 Å². The number of rotatable bonds is 6. The van der Waals surface area contributed by atoms with Crippen LogP contribution in [0.3, 0.4) is 0 Å². The van der Waals surface area contributed by atoms with Crippen molar-refractivity contribution in [2.24, 2.45) is 5.73 Å². The summed E-state index contributed by atoms with van der Waals surface area (Å²) >= 11 is 0. The lowest BCUT2D eigenvalue weighted by atomic mass is 10.2. The molecular weight excluding hydrogens is 211 g/mol. The predicted molar refractivity (Wildman–Crippen MR) is 58.1 cm³/mol. The van der Waals surface area contributed by atoms with Gasteiger partial charge in [0, 0.05) is 13.1 Å². The van der Waals surface area contributed by atoms with Crippen LogP contribution in [0.4, 0.5) is 4.39 Å². The van der Waals surface area contributed by atoms with Crippen LogP contribution in [-0.4, -0.2) is 25.7 Å². The van der Waals surface area contributed by atoms with Gasteiger partial charge in [0.05, 0.1) is 6.61 Å². The molecule has 0 aliphatic carbocycles. The fraction of sp³-hybridized carbons (Fsp3) is 0.364. The monoisotopic (exact) mass is 226 g/mol. The first-order chi connectivity index (χ1) is 7.72. The highest BCUT2D eigenvalue weighted by Crippen LogP contribution is 2.01. The van der Waals surface area contributed by atoms with Crippen LogP contribution in [0.2, 0.25) is 0 Å². The Kier molecular flexibility index (Phi) is 5.45. The molecule has 88 valence electrons. The molecule has 0 unspecified atom stereocenters. The molecule has 16 heavy (non-hydrogen) atoms. The van der Waals surface area contributed by atoms with Crippen LogP contribution in [0, 0.1) is 5.82 Å². The van der Waals surface area contributed by atoms with E-state index in [1.807, 2.05) is 0 Å². The second-order valence-electron chi connectivity index (χ2n) is 3.24. The number of halogens is 1. The van der Waals surface area contributed by atoms with Gasteiger partial charge in [-0.1, -0.05) is 12.1 Å². The minimum atomic E-state index is -0.290. The van der Waals surface area contributed by atoms with Crippen LogP contribution in [0.5, 0.6) is 0 Å². The number of nitrogens with two attached hydrogens (primary N) is 1. The summed E-state index contributed by atoms with van der Waals surface area (Å²) in [6.45, 7) is 1.12. The maximum Gasteiger partial charge on any atom is 0.246 e. The van der Waals surface area contributed by atoms with Gasteiger partial charge in [-0.3, -0.25) is 4.79 Å². The minimum Gasteiger partial charge on any atom is -0.370 e. The molecule has 3 N–H and O–H groups in total. The number of amides is 1. The van der Waals surface area contributed by atoms with Crippen LogP contribution in [0.1, 0.15) is 5.56 Å². The van der Waals surface area contributed by atoms with Crippen molar-refractivity contribution in [1.29, 1.82) is 0 Å². The SMILES string of the molecule is NCCOCC(=O)NCc1ccc(F)cc1. The Morgan fingerprint density at radius 3 is 2.69 bits per heavy atom. The summed E-state index contributed by atoms with van der Waals surface area (Å²) in [6, 6.07) is 5.95. The van der Waals surface area contributed by atoms with Crippen LogP contribution in [0.15, 0.2) is 24.3 Å². The average molecular weight is 226 g/mol. The lowest BCUT2D eigenvalue weighted by Crippen LogP contribution is -2.28. The van der Waals surface area contributed by atoms with E-state index >= 15 is 0 Å². The molecule has 1 amide bonds. The van der Waals surface area contributed by atoms with E-state index in [1.165, 1.54) is 12.1 Å². The van der Waals surface area contributed by atoms with Crippen molar-refractivity contribution in [2.45, 2.75) is 6.54 Å². The molecule has 1 aromatic carbocycles. The van der Waals surface area contributed by atoms with E-state index in [1.54, 1.807) is 12.1 Å². The highest BCUT2D eigenvalue weighted by atomic mass is 19.1. The van der Waals surface area contributed by atoms with Gasteiger partial charge in [0.1, 0.15) is 12.4 Å². The summed E-state index contributed by atoms with van der Waals surface area (Å²) in [5, 5.41) is 2.65. The smallest absolute Gasteiger partial charge is 0.246 e. The summed E-state index contributed by atoms with van der Waals surface area (Å²) in [4.78, 5) is 11.2. The Hall–Kier alpha value is -1.46. The molecule has 1 rings (SSSR count). The van der Waals surface area contributed by atoms with E-state index in [0.717, 1.165) is 5.56 Å². The van der Waals surface area contributed by atoms with Gasteiger partial charge in [-0.05, 0) is 17.7 Å². The molecule has 0 aliphatic rings. The predicted octanol–water partition coefficient (Wildman–Crippen LogP) is 0.417. The number of carbonyl (C=O) groups is 1. The maximum absolute atomic E-state index is 12.6. The second-order valence-corrected chi connectivity index (χ2v) is 3.24. The first kappa shape index (κ1) is 12.6. The Morgan fingerprint density at radius 1 is 1.38 bits per heavy atom. The molecule has 0 atom stereocenters. The Labute approximate surface area is 93.6 Å². The third kappa shape index (κ3) is 4.86. The standard InChI is InChI=1S/C11H15FN2O2/c12-10-3-1-9(2-4-10)7-14-11(15)8-16-6-5-13/h1-4H,5-8,13H2,(H,14,15). The van der Waals surface area contributed by atoms with Crippen molar-refractivity contribution in [3.8, 4) is 0 Å². The highest BCUT2D eigenvalue weighted by molar-refractivity contribution is 5.77. The van der Waals surface area contributed by atoms with Crippen molar-refractivity contribution in [3.05, 3.63) is 35.6 Å². The molecule has 0 bridgehead atoms. The molecule has 0 spiro atoms. The van der Waals surface area contributed by atoms with Crippen molar-refractivity contribution in [2.75, 3.05) is 19.8 Å². The third-order valence-electron chi connectivity index (χ3n) is 1.90. The van der Waals surface area contributed by atoms with Gasteiger partial charge in [-0.2, -0.15) is 0 Å². The Balaban J connectivity index is 2.23. The van der Waals surface area contributed by atoms with Gasteiger partial charge in [0.25, 0.3) is 0 Å². The molecule has 0 saturated heterocycles. The number of nitrogens with one attached hydrogen (secondary N) is 1. The zero-order valence-corrected chi connectivity index (χ0v) is 8.91. The van der Waals surface area contributed by atoms with Crippen molar-refractivity contribution in [1.82, 2.24) is 5.32 Å². The average Bonchev–Trinajstić information content (AvgIpc) is 2.29. The molecule has 5 heteroatoms. The molecule has 0 radical (unpaired) electrons. The van der Waals surface area contributed by atoms with Gasteiger partial charge >= 0.3 is 0 Å². The second kappa shape index (κ2) is 6.92. The van der Waals surface area contributed by atoms with Crippen molar-refractivity contribution >= 4 is 5.91 Å². The lowest BCUT2D eigenvalue weighted by Gasteiger charge is -2.05. The molecule has 0 aromatic heterocycles. The van der Waals surface area contributed by atoms with Gasteiger partial charge in [0.2, 0.25) is 5.91 Å². The Bertz CT molecular complexity index is 327. The number of carbonyl (C=O) groups excluding carboxylic acids is 1. The number of hydrogen-bond donors (Lipinski definition) is 2. The van der Waals surface area contributed by atoms with Gasteiger partial charge in [-0.15, -0.1) is 0 Å². The molecule has 4 nitrogen and oxygen atoms in total. The number of benzene rings is 1.